The number of carbonyl (C=O) groups is 1. The number of sulfone groups is 1. The normalized spacial score (nSPS) is 30.1. The highest BCUT2D eigenvalue weighted by molar-refractivity contribution is 7.91. The first kappa shape index (κ1) is 15.5. The fraction of sp³-hybridized carbons (Fsp3) is 0.769. The minimum Gasteiger partial charge on any atom is -0.372 e. The summed E-state index contributed by atoms with van der Waals surface area (Å²) >= 11 is 0. The number of hydrogen-bond donors (Lipinski definition) is 0. The van der Waals surface area contributed by atoms with E-state index in [-0.39, 0.29) is 24.2 Å². The van der Waals surface area contributed by atoms with Gasteiger partial charge in [0.1, 0.15) is 11.9 Å². The molecule has 1 heterocycles. The predicted octanol–water partition coefficient (Wildman–Crippen LogP) is -0.00800. The summed E-state index contributed by atoms with van der Waals surface area (Å²) in [5.74, 6) is -0.774. The van der Waals surface area contributed by atoms with Gasteiger partial charge in [-0.3, -0.25) is 4.79 Å². The Morgan fingerprint density at radius 1 is 1.50 bits per heavy atom. The van der Waals surface area contributed by atoms with Gasteiger partial charge in [0.2, 0.25) is 5.91 Å². The first-order chi connectivity index (χ1) is 9.42. The molecule has 3 atom stereocenters. The Bertz CT molecular complexity index is 475. The molecule has 1 aliphatic heterocycles. The fourth-order valence-electron chi connectivity index (χ4n) is 2.90. The Morgan fingerprint density at radius 3 is 2.90 bits per heavy atom. The number of carbonyl (C=O) groups excluding carboxylic acids is 1. The molecule has 0 aromatic heterocycles. The highest BCUT2D eigenvalue weighted by atomic mass is 32.2. The van der Waals surface area contributed by atoms with E-state index in [0.717, 1.165) is 19.1 Å². The van der Waals surface area contributed by atoms with E-state index in [0.29, 0.717) is 19.8 Å². The van der Waals surface area contributed by atoms with E-state index >= 15 is 0 Å². The second-order valence-corrected chi connectivity index (χ2v) is 7.44. The zero-order valence-electron chi connectivity index (χ0n) is 11.7. The van der Waals surface area contributed by atoms with Gasteiger partial charge in [-0.1, -0.05) is 6.08 Å². The van der Waals surface area contributed by atoms with Crippen molar-refractivity contribution >= 4 is 15.7 Å². The zero-order valence-corrected chi connectivity index (χ0v) is 12.5. The smallest absolute Gasteiger partial charge is 0.238 e. The van der Waals surface area contributed by atoms with Crippen molar-refractivity contribution in [2.24, 2.45) is 0 Å². The van der Waals surface area contributed by atoms with Crippen LogP contribution in [0.15, 0.2) is 12.7 Å². The largest absolute Gasteiger partial charge is 0.372 e. The summed E-state index contributed by atoms with van der Waals surface area (Å²) in [7, 11) is -3.31. The molecule has 2 aliphatic rings. The van der Waals surface area contributed by atoms with Crippen molar-refractivity contribution in [3.63, 3.8) is 0 Å². The second-order valence-electron chi connectivity index (χ2n) is 5.30. The third-order valence-electron chi connectivity index (χ3n) is 3.67. The average molecular weight is 303 g/mol. The molecule has 0 aromatic rings. The Balaban J connectivity index is 2.02. The van der Waals surface area contributed by atoms with Gasteiger partial charge in [-0.25, -0.2) is 8.42 Å². The minimum atomic E-state index is -3.31. The summed E-state index contributed by atoms with van der Waals surface area (Å²) in [4.78, 5) is 13.8. The van der Waals surface area contributed by atoms with Crippen LogP contribution in [-0.4, -0.2) is 69.2 Å². The van der Waals surface area contributed by atoms with E-state index in [2.05, 4.69) is 6.58 Å². The Labute approximate surface area is 119 Å². The van der Waals surface area contributed by atoms with E-state index in [1.165, 1.54) is 0 Å². The van der Waals surface area contributed by atoms with Gasteiger partial charge in [-0.2, -0.15) is 0 Å². The molecule has 2 fully saturated rings. The van der Waals surface area contributed by atoms with Crippen LogP contribution >= 0.6 is 0 Å². The maximum absolute atomic E-state index is 12.1. The van der Waals surface area contributed by atoms with Gasteiger partial charge < -0.3 is 14.4 Å². The van der Waals surface area contributed by atoms with Crippen molar-refractivity contribution in [2.75, 3.05) is 31.8 Å². The number of fused-ring (bicyclic) bond motifs is 1. The van der Waals surface area contributed by atoms with Crippen molar-refractivity contribution in [1.82, 2.24) is 4.90 Å². The molecule has 6 nitrogen and oxygen atoms in total. The number of nitrogens with zero attached hydrogens (tertiary/aromatic N) is 1. The molecule has 0 N–H and O–H groups in total. The molecule has 0 radical (unpaired) electrons. The topological polar surface area (TPSA) is 72.9 Å². The predicted molar refractivity (Wildman–Crippen MR) is 74.1 cm³/mol. The summed E-state index contributed by atoms with van der Waals surface area (Å²) in [6.45, 7) is 4.93. The van der Waals surface area contributed by atoms with Crippen LogP contribution in [0.3, 0.4) is 0 Å². The summed E-state index contributed by atoms with van der Waals surface area (Å²) < 4.78 is 33.9. The highest BCUT2D eigenvalue weighted by Gasteiger charge is 2.45. The van der Waals surface area contributed by atoms with Crippen LogP contribution in [0.25, 0.3) is 0 Å². The SMILES string of the molecule is C=CCO[C@@H]1CC[C@@H]2[C@H]1OCCN2C(=O)CS(C)(=O)=O. The summed E-state index contributed by atoms with van der Waals surface area (Å²) in [5, 5.41) is 0. The first-order valence-corrected chi connectivity index (χ1v) is 8.79. The minimum absolute atomic E-state index is 0.0492. The van der Waals surface area contributed by atoms with Gasteiger partial charge in [0.05, 0.1) is 25.4 Å². The molecule has 1 saturated heterocycles. The Kier molecular flexibility index (Phi) is 4.82. The zero-order chi connectivity index (χ0) is 14.8. The molecule has 1 aliphatic carbocycles. The van der Waals surface area contributed by atoms with Crippen molar-refractivity contribution in [3.8, 4) is 0 Å². The molecule has 1 amide bonds. The number of hydrogen-bond acceptors (Lipinski definition) is 5. The van der Waals surface area contributed by atoms with Gasteiger partial charge in [0.15, 0.2) is 9.84 Å². The number of morpholine rings is 1. The van der Waals surface area contributed by atoms with Crippen molar-refractivity contribution in [1.29, 1.82) is 0 Å². The molecule has 1 saturated carbocycles. The highest BCUT2D eigenvalue weighted by Crippen LogP contribution is 2.32. The van der Waals surface area contributed by atoms with Gasteiger partial charge in [-0.05, 0) is 12.8 Å². The van der Waals surface area contributed by atoms with Crippen LogP contribution in [0.2, 0.25) is 0 Å². The molecule has 0 bridgehead atoms. The van der Waals surface area contributed by atoms with E-state index in [1.807, 2.05) is 0 Å². The lowest BCUT2D eigenvalue weighted by molar-refractivity contribution is -0.148. The number of amides is 1. The maximum atomic E-state index is 12.1. The summed E-state index contributed by atoms with van der Waals surface area (Å²) in [5.41, 5.74) is 0. The quantitative estimate of drug-likeness (QED) is 0.668. The van der Waals surface area contributed by atoms with Crippen LogP contribution in [0.4, 0.5) is 0 Å². The van der Waals surface area contributed by atoms with Gasteiger partial charge >= 0.3 is 0 Å². The first-order valence-electron chi connectivity index (χ1n) is 6.73. The lowest BCUT2D eigenvalue weighted by Crippen LogP contribution is -2.55. The Morgan fingerprint density at radius 2 is 2.25 bits per heavy atom. The molecule has 2 rings (SSSR count). The van der Waals surface area contributed by atoms with Gasteiger partial charge in [0.25, 0.3) is 0 Å². The summed E-state index contributed by atoms with van der Waals surface area (Å²) in [6, 6.07) is -0.0761. The molecular weight excluding hydrogens is 282 g/mol. The van der Waals surface area contributed by atoms with E-state index in [4.69, 9.17) is 9.47 Å². The van der Waals surface area contributed by atoms with Gasteiger partial charge in [-0.15, -0.1) is 6.58 Å². The third-order valence-corrected chi connectivity index (χ3v) is 4.44. The monoisotopic (exact) mass is 303 g/mol. The van der Waals surface area contributed by atoms with Crippen LogP contribution in [0, 0.1) is 0 Å². The van der Waals surface area contributed by atoms with Crippen LogP contribution in [-0.2, 0) is 24.1 Å². The molecule has 20 heavy (non-hydrogen) atoms. The van der Waals surface area contributed by atoms with E-state index in [1.54, 1.807) is 11.0 Å². The number of rotatable bonds is 5. The third kappa shape index (κ3) is 3.59. The van der Waals surface area contributed by atoms with Crippen molar-refractivity contribution in [2.45, 2.75) is 31.1 Å². The molecule has 7 heteroatoms. The standard InChI is InChI=1S/C13H21NO5S/c1-3-7-18-11-5-4-10-13(11)19-8-6-14(10)12(15)9-20(2,16)17/h3,10-11,13H,1,4-9H2,2H3/t10-,11-,13-/m1/s1. The van der Waals surface area contributed by atoms with Gasteiger partial charge in [0, 0.05) is 12.8 Å². The van der Waals surface area contributed by atoms with Crippen LogP contribution < -0.4 is 0 Å². The number of ether oxygens (including phenoxy) is 2. The average Bonchev–Trinajstić information content (AvgIpc) is 2.77. The van der Waals surface area contributed by atoms with Crippen LogP contribution in [0.1, 0.15) is 12.8 Å². The van der Waals surface area contributed by atoms with E-state index < -0.39 is 15.6 Å². The lowest BCUT2D eigenvalue weighted by Gasteiger charge is -2.39. The molecular formula is C13H21NO5S. The van der Waals surface area contributed by atoms with E-state index in [9.17, 15) is 13.2 Å². The molecule has 0 spiro atoms. The second kappa shape index (κ2) is 6.24. The summed E-state index contributed by atoms with van der Waals surface area (Å²) in [6.07, 6.45) is 4.14. The Hall–Kier alpha value is -0.920. The molecule has 0 unspecified atom stereocenters. The van der Waals surface area contributed by atoms with Crippen LogP contribution in [0.5, 0.6) is 0 Å². The van der Waals surface area contributed by atoms with Crippen molar-refractivity contribution in [3.05, 3.63) is 12.7 Å². The molecule has 0 aromatic carbocycles. The molecule has 114 valence electrons. The maximum Gasteiger partial charge on any atom is 0.238 e. The lowest BCUT2D eigenvalue weighted by atomic mass is 10.1. The fourth-order valence-corrected chi connectivity index (χ4v) is 3.52. The van der Waals surface area contributed by atoms with Crippen molar-refractivity contribution < 1.29 is 22.7 Å².